The molecule has 22 heavy (non-hydrogen) atoms. The molecule has 116 valence electrons. The van der Waals surface area contributed by atoms with Crippen LogP contribution in [0.3, 0.4) is 0 Å². The molecule has 1 N–H and O–H groups in total. The SMILES string of the molecule is COc1ccccc1CNC(=O)COc1cccc(Cl)c1Cl. The molecule has 0 unspecified atom stereocenters. The lowest BCUT2D eigenvalue weighted by atomic mass is 10.2. The van der Waals surface area contributed by atoms with Gasteiger partial charge in [-0.3, -0.25) is 4.79 Å². The molecule has 0 atom stereocenters. The molecule has 2 aromatic carbocycles. The minimum atomic E-state index is -0.262. The number of ether oxygens (including phenoxy) is 2. The van der Waals surface area contributed by atoms with Gasteiger partial charge in [0.05, 0.1) is 12.1 Å². The highest BCUT2D eigenvalue weighted by molar-refractivity contribution is 6.42. The zero-order chi connectivity index (χ0) is 15.9. The maximum absolute atomic E-state index is 11.8. The van der Waals surface area contributed by atoms with E-state index in [1.807, 2.05) is 24.3 Å². The number of benzene rings is 2. The third-order valence-corrected chi connectivity index (χ3v) is 3.75. The fourth-order valence-electron chi connectivity index (χ4n) is 1.83. The summed E-state index contributed by atoms with van der Waals surface area (Å²) in [6, 6.07) is 12.5. The number of hydrogen-bond donors (Lipinski definition) is 1. The Labute approximate surface area is 138 Å². The highest BCUT2D eigenvalue weighted by Gasteiger charge is 2.09. The standard InChI is InChI=1S/C16H15Cl2NO3/c1-21-13-7-3-2-5-11(13)9-19-15(20)10-22-14-8-4-6-12(17)16(14)18/h2-8H,9-10H2,1H3,(H,19,20). The summed E-state index contributed by atoms with van der Waals surface area (Å²) in [6.07, 6.45) is 0. The number of amides is 1. The van der Waals surface area contributed by atoms with Crippen molar-refractivity contribution in [1.82, 2.24) is 5.32 Å². The molecule has 0 aromatic heterocycles. The van der Waals surface area contributed by atoms with E-state index in [0.29, 0.717) is 22.3 Å². The first-order chi connectivity index (χ1) is 10.6. The number of carbonyl (C=O) groups is 1. The molecule has 0 aliphatic carbocycles. The zero-order valence-electron chi connectivity index (χ0n) is 11.9. The van der Waals surface area contributed by atoms with Gasteiger partial charge in [0.25, 0.3) is 5.91 Å². The maximum atomic E-state index is 11.8. The number of hydrogen-bond acceptors (Lipinski definition) is 3. The molecule has 2 rings (SSSR count). The Balaban J connectivity index is 1.87. The van der Waals surface area contributed by atoms with Crippen molar-refractivity contribution in [1.29, 1.82) is 0 Å². The van der Waals surface area contributed by atoms with E-state index in [1.165, 1.54) is 0 Å². The zero-order valence-corrected chi connectivity index (χ0v) is 13.4. The summed E-state index contributed by atoms with van der Waals surface area (Å²) in [5, 5.41) is 3.43. The smallest absolute Gasteiger partial charge is 0.258 e. The summed E-state index contributed by atoms with van der Waals surface area (Å²) < 4.78 is 10.6. The largest absolute Gasteiger partial charge is 0.496 e. The Morgan fingerprint density at radius 1 is 1.09 bits per heavy atom. The van der Waals surface area contributed by atoms with Gasteiger partial charge in [0.15, 0.2) is 6.61 Å². The number of halogens is 2. The summed E-state index contributed by atoms with van der Waals surface area (Å²) in [5.74, 6) is 0.838. The van der Waals surface area contributed by atoms with Gasteiger partial charge in [0, 0.05) is 12.1 Å². The lowest BCUT2D eigenvalue weighted by Crippen LogP contribution is -2.28. The first-order valence-corrected chi connectivity index (χ1v) is 7.33. The van der Waals surface area contributed by atoms with Crippen molar-refractivity contribution in [3.8, 4) is 11.5 Å². The number of nitrogens with one attached hydrogen (secondary N) is 1. The van der Waals surface area contributed by atoms with Crippen molar-refractivity contribution in [2.75, 3.05) is 13.7 Å². The van der Waals surface area contributed by atoms with Gasteiger partial charge in [-0.15, -0.1) is 0 Å². The van der Waals surface area contributed by atoms with E-state index in [9.17, 15) is 4.79 Å². The quantitative estimate of drug-likeness (QED) is 0.872. The second-order valence-electron chi connectivity index (χ2n) is 4.43. The molecule has 0 saturated heterocycles. The van der Waals surface area contributed by atoms with Crippen LogP contribution in [0.5, 0.6) is 11.5 Å². The van der Waals surface area contributed by atoms with E-state index in [2.05, 4.69) is 5.32 Å². The first-order valence-electron chi connectivity index (χ1n) is 6.57. The highest BCUT2D eigenvalue weighted by atomic mass is 35.5. The van der Waals surface area contributed by atoms with E-state index in [-0.39, 0.29) is 12.5 Å². The van der Waals surface area contributed by atoms with Crippen molar-refractivity contribution < 1.29 is 14.3 Å². The molecule has 4 nitrogen and oxygen atoms in total. The second kappa shape index (κ2) is 7.92. The van der Waals surface area contributed by atoms with Crippen molar-refractivity contribution in [2.45, 2.75) is 6.54 Å². The molecular formula is C16H15Cl2NO3. The van der Waals surface area contributed by atoms with Gasteiger partial charge in [-0.1, -0.05) is 47.5 Å². The fraction of sp³-hybridized carbons (Fsp3) is 0.188. The van der Waals surface area contributed by atoms with Crippen LogP contribution in [0.25, 0.3) is 0 Å². The second-order valence-corrected chi connectivity index (χ2v) is 5.21. The lowest BCUT2D eigenvalue weighted by molar-refractivity contribution is -0.123. The molecular weight excluding hydrogens is 325 g/mol. The topological polar surface area (TPSA) is 47.6 Å². The molecule has 0 fully saturated rings. The maximum Gasteiger partial charge on any atom is 0.258 e. The Morgan fingerprint density at radius 3 is 2.59 bits per heavy atom. The normalized spacial score (nSPS) is 10.1. The Bertz CT molecular complexity index is 662. The van der Waals surface area contributed by atoms with Crippen LogP contribution in [0.2, 0.25) is 10.0 Å². The van der Waals surface area contributed by atoms with Crippen LogP contribution in [-0.4, -0.2) is 19.6 Å². The van der Waals surface area contributed by atoms with Crippen molar-refractivity contribution in [2.24, 2.45) is 0 Å². The number of para-hydroxylation sites is 1. The highest BCUT2D eigenvalue weighted by Crippen LogP contribution is 2.31. The van der Waals surface area contributed by atoms with E-state index in [0.717, 1.165) is 11.3 Å². The predicted molar refractivity (Wildman–Crippen MR) is 86.8 cm³/mol. The summed E-state index contributed by atoms with van der Waals surface area (Å²) in [4.78, 5) is 11.8. The average molecular weight is 340 g/mol. The lowest BCUT2D eigenvalue weighted by Gasteiger charge is -2.11. The predicted octanol–water partition coefficient (Wildman–Crippen LogP) is 3.70. The molecule has 2 aromatic rings. The molecule has 0 aliphatic rings. The minimum Gasteiger partial charge on any atom is -0.496 e. The Kier molecular flexibility index (Phi) is 5.92. The molecule has 1 amide bonds. The van der Waals surface area contributed by atoms with E-state index >= 15 is 0 Å². The van der Waals surface area contributed by atoms with Crippen molar-refractivity contribution in [3.05, 3.63) is 58.1 Å². The summed E-state index contributed by atoms with van der Waals surface area (Å²) in [7, 11) is 1.59. The van der Waals surface area contributed by atoms with E-state index in [1.54, 1.807) is 25.3 Å². The van der Waals surface area contributed by atoms with Crippen LogP contribution in [0.1, 0.15) is 5.56 Å². The summed E-state index contributed by atoms with van der Waals surface area (Å²) in [5.41, 5.74) is 0.888. The van der Waals surface area contributed by atoms with Gasteiger partial charge in [0.2, 0.25) is 0 Å². The van der Waals surface area contributed by atoms with E-state index < -0.39 is 0 Å². The van der Waals surface area contributed by atoms with Gasteiger partial charge in [-0.25, -0.2) is 0 Å². The molecule has 6 heteroatoms. The fourth-order valence-corrected chi connectivity index (χ4v) is 2.18. The van der Waals surface area contributed by atoms with Gasteiger partial charge in [0.1, 0.15) is 16.5 Å². The summed E-state index contributed by atoms with van der Waals surface area (Å²) in [6.45, 7) is 0.213. The molecule has 0 aliphatic heterocycles. The molecule has 0 spiro atoms. The van der Waals surface area contributed by atoms with Crippen LogP contribution < -0.4 is 14.8 Å². The molecule has 0 radical (unpaired) electrons. The Morgan fingerprint density at radius 2 is 1.82 bits per heavy atom. The number of carbonyl (C=O) groups excluding carboxylic acids is 1. The van der Waals surface area contributed by atoms with Gasteiger partial charge in [-0.05, 0) is 18.2 Å². The van der Waals surface area contributed by atoms with Crippen LogP contribution in [0, 0.1) is 0 Å². The first kappa shape index (κ1) is 16.5. The van der Waals surface area contributed by atoms with Gasteiger partial charge >= 0.3 is 0 Å². The summed E-state index contributed by atoms with van der Waals surface area (Å²) >= 11 is 11.9. The molecule has 0 saturated carbocycles. The van der Waals surface area contributed by atoms with Crippen molar-refractivity contribution in [3.63, 3.8) is 0 Å². The van der Waals surface area contributed by atoms with Gasteiger partial charge in [-0.2, -0.15) is 0 Å². The van der Waals surface area contributed by atoms with Gasteiger partial charge < -0.3 is 14.8 Å². The Hall–Kier alpha value is -1.91. The third-order valence-electron chi connectivity index (χ3n) is 2.94. The monoisotopic (exact) mass is 339 g/mol. The van der Waals surface area contributed by atoms with Crippen LogP contribution in [0.4, 0.5) is 0 Å². The molecule has 0 heterocycles. The van der Waals surface area contributed by atoms with Crippen LogP contribution >= 0.6 is 23.2 Å². The number of methoxy groups -OCH3 is 1. The minimum absolute atomic E-state index is 0.144. The van der Waals surface area contributed by atoms with Crippen LogP contribution in [-0.2, 0) is 11.3 Å². The molecule has 0 bridgehead atoms. The number of rotatable bonds is 6. The average Bonchev–Trinajstić information content (AvgIpc) is 2.54. The van der Waals surface area contributed by atoms with E-state index in [4.69, 9.17) is 32.7 Å². The van der Waals surface area contributed by atoms with Crippen LogP contribution in [0.15, 0.2) is 42.5 Å². The third kappa shape index (κ3) is 4.29. The van der Waals surface area contributed by atoms with Crippen molar-refractivity contribution >= 4 is 29.1 Å².